The Hall–Kier alpha value is -2.73. The summed E-state index contributed by atoms with van der Waals surface area (Å²) in [5.74, 6) is -0.109. The lowest BCUT2D eigenvalue weighted by atomic mass is 10.3. The van der Waals surface area contributed by atoms with Gasteiger partial charge in [-0.15, -0.1) is 6.58 Å². The van der Waals surface area contributed by atoms with Crippen molar-refractivity contribution in [1.29, 1.82) is 0 Å². The van der Waals surface area contributed by atoms with Crippen molar-refractivity contribution in [1.82, 2.24) is 4.57 Å². The minimum Gasteiger partial charge on any atom is -0.484 e. The van der Waals surface area contributed by atoms with Gasteiger partial charge in [-0.25, -0.2) is 4.39 Å². The SMILES string of the molecule is C=CCn1c(=NC(=O)COc2ccccc2)sc2cc(F)ccc21. The topological polar surface area (TPSA) is 43.6 Å². The first-order valence-corrected chi connectivity index (χ1v) is 8.14. The number of benzene rings is 2. The highest BCUT2D eigenvalue weighted by Crippen LogP contribution is 2.18. The van der Waals surface area contributed by atoms with E-state index in [4.69, 9.17) is 4.74 Å². The Morgan fingerprint density at radius 1 is 1.29 bits per heavy atom. The Labute approximate surface area is 142 Å². The van der Waals surface area contributed by atoms with E-state index in [0.29, 0.717) is 17.1 Å². The first-order chi connectivity index (χ1) is 11.7. The average molecular weight is 342 g/mol. The molecule has 0 saturated carbocycles. The summed E-state index contributed by atoms with van der Waals surface area (Å²) in [5, 5.41) is 0. The number of carbonyl (C=O) groups is 1. The van der Waals surface area contributed by atoms with Gasteiger partial charge in [0.05, 0.1) is 10.2 Å². The summed E-state index contributed by atoms with van der Waals surface area (Å²) >= 11 is 1.26. The monoisotopic (exact) mass is 342 g/mol. The van der Waals surface area contributed by atoms with E-state index in [0.717, 1.165) is 10.2 Å². The summed E-state index contributed by atoms with van der Waals surface area (Å²) in [6, 6.07) is 13.6. The maximum absolute atomic E-state index is 13.4. The van der Waals surface area contributed by atoms with Crippen molar-refractivity contribution in [3.63, 3.8) is 0 Å². The zero-order valence-corrected chi connectivity index (χ0v) is 13.6. The molecular weight excluding hydrogens is 327 g/mol. The first-order valence-electron chi connectivity index (χ1n) is 7.32. The molecule has 0 unspecified atom stereocenters. The molecule has 122 valence electrons. The fourth-order valence-corrected chi connectivity index (χ4v) is 3.32. The number of rotatable bonds is 5. The Balaban J connectivity index is 1.89. The molecule has 0 radical (unpaired) electrons. The molecule has 1 heterocycles. The molecular formula is C18H15FN2O2S. The second-order valence-electron chi connectivity index (χ2n) is 5.00. The van der Waals surface area contributed by atoms with Crippen LogP contribution in [0.15, 0.2) is 66.2 Å². The second-order valence-corrected chi connectivity index (χ2v) is 6.01. The Morgan fingerprint density at radius 2 is 2.08 bits per heavy atom. The number of ether oxygens (including phenoxy) is 1. The normalized spacial score (nSPS) is 11.6. The number of para-hydroxylation sites is 1. The number of aromatic nitrogens is 1. The molecule has 0 aliphatic heterocycles. The Kier molecular flexibility index (Phi) is 4.86. The molecule has 4 nitrogen and oxygen atoms in total. The second kappa shape index (κ2) is 7.23. The van der Waals surface area contributed by atoms with Crippen molar-refractivity contribution in [2.24, 2.45) is 4.99 Å². The molecule has 24 heavy (non-hydrogen) atoms. The number of hydrogen-bond donors (Lipinski definition) is 0. The molecule has 3 rings (SSSR count). The van der Waals surface area contributed by atoms with Crippen LogP contribution in [0.4, 0.5) is 4.39 Å². The van der Waals surface area contributed by atoms with Crippen LogP contribution < -0.4 is 9.54 Å². The molecule has 0 N–H and O–H groups in total. The highest BCUT2D eigenvalue weighted by Gasteiger charge is 2.08. The van der Waals surface area contributed by atoms with Crippen LogP contribution in [0.3, 0.4) is 0 Å². The van der Waals surface area contributed by atoms with Gasteiger partial charge in [0.1, 0.15) is 11.6 Å². The van der Waals surface area contributed by atoms with E-state index in [1.807, 2.05) is 22.8 Å². The molecule has 2 aromatic carbocycles. The number of thiazole rings is 1. The van der Waals surface area contributed by atoms with Gasteiger partial charge in [-0.3, -0.25) is 4.79 Å². The van der Waals surface area contributed by atoms with Gasteiger partial charge in [-0.05, 0) is 30.3 Å². The van der Waals surface area contributed by atoms with E-state index < -0.39 is 5.91 Å². The standard InChI is InChI=1S/C18H15FN2O2S/c1-2-10-21-15-9-8-13(19)11-16(15)24-18(21)20-17(22)12-23-14-6-4-3-5-7-14/h2-9,11H,1,10,12H2. The first kappa shape index (κ1) is 16.1. The molecule has 0 aliphatic carbocycles. The van der Waals surface area contributed by atoms with Crippen LogP contribution in [0.5, 0.6) is 5.75 Å². The van der Waals surface area contributed by atoms with E-state index in [1.165, 1.54) is 23.5 Å². The van der Waals surface area contributed by atoms with Gasteiger partial charge in [0.2, 0.25) is 0 Å². The molecule has 0 fully saturated rings. The minimum absolute atomic E-state index is 0.152. The molecule has 1 aromatic heterocycles. The van der Waals surface area contributed by atoms with Crippen LogP contribution in [0.25, 0.3) is 10.2 Å². The van der Waals surface area contributed by atoms with Crippen molar-refractivity contribution < 1.29 is 13.9 Å². The summed E-state index contributed by atoms with van der Waals surface area (Å²) in [4.78, 5) is 16.7. The minimum atomic E-state index is -0.399. The molecule has 3 aromatic rings. The van der Waals surface area contributed by atoms with Crippen LogP contribution in [-0.2, 0) is 11.3 Å². The van der Waals surface area contributed by atoms with Gasteiger partial charge in [0.25, 0.3) is 5.91 Å². The molecule has 0 saturated heterocycles. The number of hydrogen-bond acceptors (Lipinski definition) is 3. The van der Waals surface area contributed by atoms with E-state index in [1.54, 1.807) is 24.3 Å². The van der Waals surface area contributed by atoms with Crippen LogP contribution in [0.1, 0.15) is 0 Å². The lowest BCUT2D eigenvalue weighted by Gasteiger charge is -2.03. The van der Waals surface area contributed by atoms with Crippen LogP contribution >= 0.6 is 11.3 Å². The molecule has 0 aliphatic rings. The lowest BCUT2D eigenvalue weighted by Crippen LogP contribution is -2.19. The van der Waals surface area contributed by atoms with Crippen molar-refractivity contribution >= 4 is 27.5 Å². The zero-order valence-electron chi connectivity index (χ0n) is 12.8. The third-order valence-electron chi connectivity index (χ3n) is 3.28. The van der Waals surface area contributed by atoms with Crippen LogP contribution in [0, 0.1) is 5.82 Å². The number of nitrogens with zero attached hydrogens (tertiary/aromatic N) is 2. The Morgan fingerprint density at radius 3 is 2.83 bits per heavy atom. The maximum Gasteiger partial charge on any atom is 0.286 e. The summed E-state index contributed by atoms with van der Waals surface area (Å²) in [6.07, 6.45) is 1.71. The van der Waals surface area contributed by atoms with Gasteiger partial charge in [-0.2, -0.15) is 4.99 Å². The number of allylic oxidation sites excluding steroid dienone is 1. The highest BCUT2D eigenvalue weighted by atomic mass is 32.1. The van der Waals surface area contributed by atoms with E-state index in [2.05, 4.69) is 11.6 Å². The van der Waals surface area contributed by atoms with Gasteiger partial charge < -0.3 is 9.30 Å². The summed E-state index contributed by atoms with van der Waals surface area (Å²) in [6.45, 7) is 4.05. The number of halogens is 1. The molecule has 6 heteroatoms. The smallest absolute Gasteiger partial charge is 0.286 e. The molecule has 0 spiro atoms. The average Bonchev–Trinajstić information content (AvgIpc) is 2.91. The quantitative estimate of drug-likeness (QED) is 0.666. The van der Waals surface area contributed by atoms with Crippen molar-refractivity contribution in [2.45, 2.75) is 6.54 Å². The van der Waals surface area contributed by atoms with Gasteiger partial charge in [0.15, 0.2) is 11.4 Å². The fraction of sp³-hybridized carbons (Fsp3) is 0.111. The van der Waals surface area contributed by atoms with Crippen LogP contribution in [0.2, 0.25) is 0 Å². The molecule has 0 atom stereocenters. The summed E-state index contributed by atoms with van der Waals surface area (Å²) in [5.41, 5.74) is 0.817. The van der Waals surface area contributed by atoms with Crippen molar-refractivity contribution in [3.8, 4) is 5.75 Å². The number of carbonyl (C=O) groups excluding carboxylic acids is 1. The largest absolute Gasteiger partial charge is 0.484 e. The number of amides is 1. The Bertz CT molecular complexity index is 945. The summed E-state index contributed by atoms with van der Waals surface area (Å²) < 4.78 is 21.4. The van der Waals surface area contributed by atoms with Gasteiger partial charge in [0, 0.05) is 6.54 Å². The van der Waals surface area contributed by atoms with Gasteiger partial charge in [-0.1, -0.05) is 35.6 Å². The molecule has 1 amide bonds. The fourth-order valence-electron chi connectivity index (χ4n) is 2.24. The number of fused-ring (bicyclic) bond motifs is 1. The third kappa shape index (κ3) is 3.60. The predicted molar refractivity (Wildman–Crippen MR) is 92.5 cm³/mol. The highest BCUT2D eigenvalue weighted by molar-refractivity contribution is 7.16. The third-order valence-corrected chi connectivity index (χ3v) is 4.32. The van der Waals surface area contributed by atoms with Crippen molar-refractivity contribution in [2.75, 3.05) is 6.61 Å². The van der Waals surface area contributed by atoms with Gasteiger partial charge >= 0.3 is 0 Å². The van der Waals surface area contributed by atoms with Crippen LogP contribution in [-0.4, -0.2) is 17.1 Å². The van der Waals surface area contributed by atoms with Crippen molar-refractivity contribution in [3.05, 3.63) is 71.8 Å². The predicted octanol–water partition coefficient (Wildman–Crippen LogP) is 3.53. The van der Waals surface area contributed by atoms with E-state index in [9.17, 15) is 9.18 Å². The summed E-state index contributed by atoms with van der Waals surface area (Å²) in [7, 11) is 0. The zero-order chi connectivity index (χ0) is 16.9. The lowest BCUT2D eigenvalue weighted by molar-refractivity contribution is -0.120. The van der Waals surface area contributed by atoms with E-state index in [-0.39, 0.29) is 12.4 Å². The maximum atomic E-state index is 13.4. The van der Waals surface area contributed by atoms with E-state index >= 15 is 0 Å². The molecule has 0 bridgehead atoms.